The Kier molecular flexibility index (Phi) is 5.34. The molecule has 0 bridgehead atoms. The fraction of sp³-hybridized carbons (Fsp3) is 0.368. The zero-order chi connectivity index (χ0) is 18.5. The molecule has 0 spiro atoms. The van der Waals surface area contributed by atoms with E-state index < -0.39 is 0 Å². The Morgan fingerprint density at radius 2 is 1.85 bits per heavy atom. The second-order valence-corrected chi connectivity index (χ2v) is 6.54. The molecule has 0 aliphatic carbocycles. The molecule has 0 N–H and O–H groups in total. The van der Waals surface area contributed by atoms with Crippen LogP contribution in [0.4, 0.5) is 10.3 Å². The molecule has 4 rings (SSSR count). The van der Waals surface area contributed by atoms with Gasteiger partial charge >= 0.3 is 0 Å². The molecule has 7 nitrogen and oxygen atoms in total. The Hall–Kier alpha value is -2.87. The maximum absolute atomic E-state index is 13.8. The number of rotatable bonds is 5. The number of halogens is 1. The van der Waals surface area contributed by atoms with Crippen molar-refractivity contribution >= 4 is 5.95 Å². The van der Waals surface area contributed by atoms with Gasteiger partial charge in [0.2, 0.25) is 11.8 Å². The predicted molar refractivity (Wildman–Crippen MR) is 97.6 cm³/mol. The summed E-state index contributed by atoms with van der Waals surface area (Å²) < 4.78 is 19.1. The molecule has 0 saturated carbocycles. The highest BCUT2D eigenvalue weighted by Crippen LogP contribution is 2.14. The van der Waals surface area contributed by atoms with E-state index in [1.165, 1.54) is 6.07 Å². The summed E-state index contributed by atoms with van der Waals surface area (Å²) in [5, 5.41) is 3.99. The molecule has 0 amide bonds. The highest BCUT2D eigenvalue weighted by atomic mass is 19.1. The monoisotopic (exact) mass is 368 g/mol. The number of anilines is 1. The lowest BCUT2D eigenvalue weighted by Gasteiger charge is -2.20. The molecule has 3 heterocycles. The van der Waals surface area contributed by atoms with Gasteiger partial charge in [-0.05, 0) is 24.1 Å². The van der Waals surface area contributed by atoms with Gasteiger partial charge in [-0.25, -0.2) is 14.4 Å². The molecular weight excluding hydrogens is 347 g/mol. The van der Waals surface area contributed by atoms with Gasteiger partial charge in [0.1, 0.15) is 5.82 Å². The summed E-state index contributed by atoms with van der Waals surface area (Å²) in [5.41, 5.74) is 0.568. The van der Waals surface area contributed by atoms with Gasteiger partial charge in [0.15, 0.2) is 5.82 Å². The van der Waals surface area contributed by atoms with Gasteiger partial charge in [0.25, 0.3) is 0 Å². The van der Waals surface area contributed by atoms with Crippen LogP contribution in [0.2, 0.25) is 0 Å². The van der Waals surface area contributed by atoms with Crippen molar-refractivity contribution in [3.05, 3.63) is 65.8 Å². The van der Waals surface area contributed by atoms with Crippen molar-refractivity contribution in [1.82, 2.24) is 25.0 Å². The number of hydrogen-bond donors (Lipinski definition) is 0. The van der Waals surface area contributed by atoms with Gasteiger partial charge in [-0.3, -0.25) is 4.90 Å². The molecule has 1 fully saturated rings. The summed E-state index contributed by atoms with van der Waals surface area (Å²) in [6.45, 7) is 4.16. The maximum atomic E-state index is 13.8. The third-order valence-electron chi connectivity index (χ3n) is 4.60. The molecular formula is C19H21FN6O. The molecule has 3 aromatic rings. The van der Waals surface area contributed by atoms with Gasteiger partial charge in [-0.2, -0.15) is 4.98 Å². The molecule has 0 unspecified atom stereocenters. The van der Waals surface area contributed by atoms with Crippen molar-refractivity contribution in [1.29, 1.82) is 0 Å². The summed E-state index contributed by atoms with van der Waals surface area (Å²) in [7, 11) is 0. The molecule has 1 aliphatic heterocycles. The van der Waals surface area contributed by atoms with Crippen LogP contribution in [0.15, 0.2) is 47.2 Å². The van der Waals surface area contributed by atoms with Crippen LogP contribution in [0.5, 0.6) is 0 Å². The minimum atomic E-state index is -0.250. The first kappa shape index (κ1) is 17.5. The second-order valence-electron chi connectivity index (χ2n) is 6.54. The first-order valence-corrected chi connectivity index (χ1v) is 9.07. The largest absolute Gasteiger partial charge is 0.339 e. The zero-order valence-corrected chi connectivity index (χ0v) is 15.0. The topological polar surface area (TPSA) is 71.2 Å². The van der Waals surface area contributed by atoms with Gasteiger partial charge in [0.05, 0.1) is 6.54 Å². The molecule has 27 heavy (non-hydrogen) atoms. The van der Waals surface area contributed by atoms with E-state index in [4.69, 9.17) is 4.52 Å². The van der Waals surface area contributed by atoms with Crippen LogP contribution < -0.4 is 4.90 Å². The Labute approximate surface area is 156 Å². The van der Waals surface area contributed by atoms with Crippen LogP contribution in [0.3, 0.4) is 0 Å². The quantitative estimate of drug-likeness (QED) is 0.684. The van der Waals surface area contributed by atoms with E-state index in [2.05, 4.69) is 29.9 Å². The third-order valence-corrected chi connectivity index (χ3v) is 4.60. The second kappa shape index (κ2) is 8.22. The lowest BCUT2D eigenvalue weighted by Crippen LogP contribution is -2.31. The van der Waals surface area contributed by atoms with E-state index in [0.717, 1.165) is 38.5 Å². The van der Waals surface area contributed by atoms with Crippen LogP contribution in [0.25, 0.3) is 0 Å². The van der Waals surface area contributed by atoms with Crippen LogP contribution in [0, 0.1) is 5.82 Å². The SMILES string of the molecule is Fc1ccccc1Cc1noc(CN2CCCN(c3ncccn3)CC2)n1. The minimum absolute atomic E-state index is 0.250. The third kappa shape index (κ3) is 4.46. The average molecular weight is 368 g/mol. The van der Waals surface area contributed by atoms with Gasteiger partial charge < -0.3 is 9.42 Å². The molecule has 0 radical (unpaired) electrons. The van der Waals surface area contributed by atoms with E-state index in [-0.39, 0.29) is 5.82 Å². The van der Waals surface area contributed by atoms with Gasteiger partial charge in [-0.15, -0.1) is 0 Å². The van der Waals surface area contributed by atoms with Crippen LogP contribution in [0.1, 0.15) is 23.7 Å². The standard InChI is InChI=1S/C19H21FN6O/c20-16-6-2-1-5-15(16)13-17-23-18(27-24-17)14-25-9-4-10-26(12-11-25)19-21-7-3-8-22-19/h1-3,5-8H,4,9-14H2. The highest BCUT2D eigenvalue weighted by Gasteiger charge is 2.19. The number of nitrogens with zero attached hydrogens (tertiary/aromatic N) is 6. The smallest absolute Gasteiger partial charge is 0.240 e. The van der Waals surface area contributed by atoms with Crippen molar-refractivity contribution < 1.29 is 8.91 Å². The summed E-state index contributed by atoms with van der Waals surface area (Å²) in [6.07, 6.45) is 4.87. The molecule has 0 atom stereocenters. The lowest BCUT2D eigenvalue weighted by molar-refractivity contribution is 0.239. The van der Waals surface area contributed by atoms with Crippen LogP contribution in [-0.4, -0.2) is 51.2 Å². The molecule has 1 saturated heterocycles. The lowest BCUT2D eigenvalue weighted by atomic mass is 10.1. The van der Waals surface area contributed by atoms with Gasteiger partial charge in [0, 0.05) is 45.0 Å². The molecule has 1 aromatic carbocycles. The Morgan fingerprint density at radius 1 is 1.00 bits per heavy atom. The summed E-state index contributed by atoms with van der Waals surface area (Å²) in [6, 6.07) is 8.47. The number of hydrogen-bond acceptors (Lipinski definition) is 7. The first-order chi connectivity index (χ1) is 13.3. The first-order valence-electron chi connectivity index (χ1n) is 9.07. The van der Waals surface area contributed by atoms with Gasteiger partial charge in [-0.1, -0.05) is 23.4 Å². The van der Waals surface area contributed by atoms with E-state index in [9.17, 15) is 4.39 Å². The van der Waals surface area contributed by atoms with Crippen molar-refractivity contribution in [3.63, 3.8) is 0 Å². The summed E-state index contributed by atoms with van der Waals surface area (Å²) in [4.78, 5) is 17.6. The number of aromatic nitrogens is 4. The Bertz CT molecular complexity index is 871. The van der Waals surface area contributed by atoms with E-state index in [1.54, 1.807) is 30.6 Å². The van der Waals surface area contributed by atoms with Crippen molar-refractivity contribution in [3.8, 4) is 0 Å². The van der Waals surface area contributed by atoms with Crippen LogP contribution in [-0.2, 0) is 13.0 Å². The van der Waals surface area contributed by atoms with Crippen LogP contribution >= 0.6 is 0 Å². The van der Waals surface area contributed by atoms with Crippen molar-refractivity contribution in [2.75, 3.05) is 31.1 Å². The number of benzene rings is 1. The molecule has 2 aromatic heterocycles. The van der Waals surface area contributed by atoms with E-state index in [1.807, 2.05) is 6.07 Å². The molecule has 140 valence electrons. The summed E-state index contributed by atoms with van der Waals surface area (Å²) in [5.74, 6) is 1.58. The maximum Gasteiger partial charge on any atom is 0.240 e. The van der Waals surface area contributed by atoms with Crippen molar-refractivity contribution in [2.45, 2.75) is 19.4 Å². The predicted octanol–water partition coefficient (Wildman–Crippen LogP) is 2.30. The summed E-state index contributed by atoms with van der Waals surface area (Å²) >= 11 is 0. The normalized spacial score (nSPS) is 15.7. The molecule has 8 heteroatoms. The fourth-order valence-electron chi connectivity index (χ4n) is 3.21. The van der Waals surface area contributed by atoms with Crippen molar-refractivity contribution in [2.24, 2.45) is 0 Å². The highest BCUT2D eigenvalue weighted by molar-refractivity contribution is 5.28. The van der Waals surface area contributed by atoms with E-state index in [0.29, 0.717) is 30.2 Å². The van der Waals surface area contributed by atoms with E-state index >= 15 is 0 Å². The minimum Gasteiger partial charge on any atom is -0.339 e. The Balaban J connectivity index is 1.34. The fourth-order valence-corrected chi connectivity index (χ4v) is 3.21. The zero-order valence-electron chi connectivity index (χ0n) is 15.0. The average Bonchev–Trinajstić information content (AvgIpc) is 2.99. The Morgan fingerprint density at radius 3 is 2.70 bits per heavy atom. The molecule has 1 aliphatic rings.